The maximum absolute atomic E-state index is 12.3. The molecule has 128 valence electrons. The minimum Gasteiger partial charge on any atom is -0.250 e. The quantitative estimate of drug-likeness (QED) is 0.425. The van der Waals surface area contributed by atoms with Crippen molar-refractivity contribution in [3.8, 4) is 0 Å². The Morgan fingerprint density at radius 2 is 1.36 bits per heavy atom. The molecule has 0 N–H and O–H groups in total. The van der Waals surface area contributed by atoms with Crippen molar-refractivity contribution in [1.82, 2.24) is 0 Å². The van der Waals surface area contributed by atoms with E-state index in [0.717, 1.165) is 51.9 Å². The number of quaternary nitrogens is 2. The Labute approximate surface area is 135 Å². The highest BCUT2D eigenvalue weighted by Gasteiger charge is 2.51. The smallest absolute Gasteiger partial charge is 0.250 e. The monoisotopic (exact) mass is 332 g/mol. The van der Waals surface area contributed by atoms with Crippen LogP contribution in [0.5, 0.6) is 0 Å². The Morgan fingerprint density at radius 1 is 0.955 bits per heavy atom. The molecular formula is C16H32N2O3S+2. The van der Waals surface area contributed by atoms with Crippen LogP contribution in [0.2, 0.25) is 0 Å². The molecule has 0 saturated carbocycles. The second-order valence-electron chi connectivity index (χ2n) is 7.41. The van der Waals surface area contributed by atoms with Crippen LogP contribution in [0.4, 0.5) is 0 Å². The molecule has 5 nitrogen and oxygen atoms in total. The molecule has 0 radical (unpaired) electrons. The number of rotatable bonds is 6. The summed E-state index contributed by atoms with van der Waals surface area (Å²) in [5, 5.41) is 0. The van der Waals surface area contributed by atoms with Crippen molar-refractivity contribution in [3.05, 3.63) is 12.7 Å². The predicted molar refractivity (Wildman–Crippen MR) is 88.4 cm³/mol. The van der Waals surface area contributed by atoms with Crippen LogP contribution < -0.4 is 0 Å². The molecule has 0 aromatic rings. The highest BCUT2D eigenvalue weighted by molar-refractivity contribution is 7.86. The average molecular weight is 333 g/mol. The Balaban J connectivity index is 2.29. The van der Waals surface area contributed by atoms with Crippen LogP contribution in [0, 0.1) is 0 Å². The summed E-state index contributed by atoms with van der Waals surface area (Å²) in [5.74, 6) is -0.108. The van der Waals surface area contributed by atoms with E-state index in [9.17, 15) is 8.42 Å². The van der Waals surface area contributed by atoms with Gasteiger partial charge in [-0.3, -0.25) is 8.97 Å². The molecule has 0 aromatic carbocycles. The predicted octanol–water partition coefficient (Wildman–Crippen LogP) is 2.06. The summed E-state index contributed by atoms with van der Waals surface area (Å²) in [7, 11) is 0.789. The van der Waals surface area contributed by atoms with E-state index < -0.39 is 10.1 Å². The summed E-state index contributed by atoms with van der Waals surface area (Å²) in [5.41, 5.74) is 0. The summed E-state index contributed by atoms with van der Waals surface area (Å²) in [6.07, 6.45) is 8.18. The maximum atomic E-state index is 12.3. The van der Waals surface area contributed by atoms with Crippen LogP contribution in [0.1, 0.15) is 38.5 Å². The van der Waals surface area contributed by atoms with Crippen LogP contribution in [0.15, 0.2) is 12.7 Å². The lowest BCUT2D eigenvalue weighted by Gasteiger charge is -2.50. The van der Waals surface area contributed by atoms with Crippen LogP contribution in [0.3, 0.4) is 0 Å². The number of nitrogens with zero attached hydrogens (tertiary/aromatic N) is 2. The standard InChI is InChI=1S/C16H32N2O3S/c1-4-15-22(19,20)21-16(17(2)11-7-5-8-12-17)18(3)13-9-6-10-14-18/h4,16H,1,5-15H2,2-3H3/q+2. The van der Waals surface area contributed by atoms with Crippen molar-refractivity contribution in [1.29, 1.82) is 0 Å². The van der Waals surface area contributed by atoms with E-state index in [2.05, 4.69) is 20.7 Å². The van der Waals surface area contributed by atoms with E-state index in [1.165, 1.54) is 18.9 Å². The zero-order chi connectivity index (χ0) is 16.3. The van der Waals surface area contributed by atoms with Gasteiger partial charge < -0.3 is 0 Å². The molecule has 2 saturated heterocycles. The fraction of sp³-hybridized carbons (Fsp3) is 0.875. The van der Waals surface area contributed by atoms with Gasteiger partial charge in [-0.05, 0) is 38.5 Å². The second kappa shape index (κ2) is 6.99. The van der Waals surface area contributed by atoms with Gasteiger partial charge in [0.1, 0.15) is 0 Å². The van der Waals surface area contributed by atoms with E-state index in [-0.39, 0.29) is 12.1 Å². The zero-order valence-electron chi connectivity index (χ0n) is 14.2. The molecule has 0 unspecified atom stereocenters. The Bertz CT molecular complexity index is 454. The van der Waals surface area contributed by atoms with Crippen LogP contribution >= 0.6 is 0 Å². The largest absolute Gasteiger partial charge is 0.347 e. The van der Waals surface area contributed by atoms with Crippen LogP contribution in [-0.2, 0) is 14.3 Å². The van der Waals surface area contributed by atoms with Crippen LogP contribution in [0.25, 0.3) is 0 Å². The first-order valence-electron chi connectivity index (χ1n) is 8.52. The van der Waals surface area contributed by atoms with Crippen molar-refractivity contribution in [2.24, 2.45) is 0 Å². The van der Waals surface area contributed by atoms with Gasteiger partial charge >= 0.3 is 6.35 Å². The van der Waals surface area contributed by atoms with Gasteiger partial charge in [-0.15, -0.1) is 6.58 Å². The van der Waals surface area contributed by atoms with E-state index in [0.29, 0.717) is 8.97 Å². The van der Waals surface area contributed by atoms with Gasteiger partial charge in [-0.25, -0.2) is 0 Å². The van der Waals surface area contributed by atoms with Gasteiger partial charge in [0.05, 0.1) is 46.0 Å². The molecule has 0 spiro atoms. The first-order chi connectivity index (χ1) is 10.3. The lowest BCUT2D eigenvalue weighted by molar-refractivity contribution is -1.14. The van der Waals surface area contributed by atoms with E-state index >= 15 is 0 Å². The van der Waals surface area contributed by atoms with Crippen molar-refractivity contribution < 1.29 is 21.6 Å². The fourth-order valence-corrected chi connectivity index (χ4v) is 5.15. The van der Waals surface area contributed by atoms with Gasteiger partial charge in [0.15, 0.2) is 0 Å². The van der Waals surface area contributed by atoms with Crippen molar-refractivity contribution in [2.75, 3.05) is 46.0 Å². The Hall–Kier alpha value is -0.430. The molecule has 0 amide bonds. The SMILES string of the molecule is C=CCS(=O)(=O)OC([N+]1(C)CCCCC1)[N+]1(C)CCCCC1. The number of hydrogen-bond donors (Lipinski definition) is 0. The molecule has 0 aliphatic carbocycles. The molecule has 2 aliphatic rings. The van der Waals surface area contributed by atoms with Gasteiger partial charge in [0, 0.05) is 0 Å². The molecule has 0 atom stereocenters. The number of piperidine rings is 2. The summed E-state index contributed by atoms with van der Waals surface area (Å²) in [4.78, 5) is 0. The zero-order valence-corrected chi connectivity index (χ0v) is 15.0. The third kappa shape index (κ3) is 4.10. The summed E-state index contributed by atoms with van der Waals surface area (Å²) in [6.45, 7) is 7.55. The Kier molecular flexibility index (Phi) is 5.69. The molecule has 6 heteroatoms. The first kappa shape index (κ1) is 17.9. The van der Waals surface area contributed by atoms with Crippen molar-refractivity contribution in [3.63, 3.8) is 0 Å². The van der Waals surface area contributed by atoms with E-state index in [4.69, 9.17) is 4.18 Å². The lowest BCUT2D eigenvalue weighted by Crippen LogP contribution is -2.71. The number of hydrogen-bond acceptors (Lipinski definition) is 3. The molecule has 22 heavy (non-hydrogen) atoms. The highest BCUT2D eigenvalue weighted by atomic mass is 32.2. The molecule has 0 bridgehead atoms. The molecule has 2 aliphatic heterocycles. The molecule has 2 heterocycles. The third-order valence-corrected chi connectivity index (χ3v) is 6.41. The van der Waals surface area contributed by atoms with Crippen molar-refractivity contribution >= 4 is 10.1 Å². The lowest BCUT2D eigenvalue weighted by atomic mass is 10.1. The topological polar surface area (TPSA) is 43.4 Å². The average Bonchev–Trinajstić information content (AvgIpc) is 2.46. The summed E-state index contributed by atoms with van der Waals surface area (Å²) in [6, 6.07) is 0. The van der Waals surface area contributed by atoms with Crippen LogP contribution in [-0.4, -0.2) is 69.8 Å². The van der Waals surface area contributed by atoms with E-state index in [1.54, 1.807) is 0 Å². The number of likely N-dealkylation sites (tertiary alicyclic amines) is 2. The molecule has 2 fully saturated rings. The van der Waals surface area contributed by atoms with Crippen molar-refractivity contribution in [2.45, 2.75) is 44.9 Å². The maximum Gasteiger partial charge on any atom is 0.347 e. The minimum atomic E-state index is -3.56. The molecule has 2 rings (SSSR count). The van der Waals surface area contributed by atoms with E-state index in [1.807, 2.05) is 0 Å². The molecule has 0 aromatic heterocycles. The fourth-order valence-electron chi connectivity index (χ4n) is 4.11. The first-order valence-corrected chi connectivity index (χ1v) is 10.1. The summed E-state index contributed by atoms with van der Waals surface area (Å²) < 4.78 is 31.8. The van der Waals surface area contributed by atoms with Gasteiger partial charge in [0.2, 0.25) is 0 Å². The minimum absolute atomic E-state index is 0.108. The van der Waals surface area contributed by atoms with Gasteiger partial charge in [-0.2, -0.15) is 12.6 Å². The highest BCUT2D eigenvalue weighted by Crippen LogP contribution is 2.31. The van der Waals surface area contributed by atoms with Gasteiger partial charge in [-0.1, -0.05) is 6.08 Å². The third-order valence-electron chi connectivity index (χ3n) is 5.30. The second-order valence-corrected chi connectivity index (χ2v) is 9.05. The normalized spacial score (nSPS) is 25.0. The van der Waals surface area contributed by atoms with Gasteiger partial charge in [0.25, 0.3) is 10.1 Å². The molecular weight excluding hydrogens is 300 g/mol. The summed E-state index contributed by atoms with van der Waals surface area (Å²) >= 11 is 0. The Morgan fingerprint density at radius 3 is 1.73 bits per heavy atom.